The molecule has 1 aromatic rings. The number of carbonyl (C=O) groups excluding carboxylic acids is 2. The Hall–Kier alpha value is -1.64. The molecule has 1 aliphatic carbocycles. The van der Waals surface area contributed by atoms with Crippen LogP contribution in [0.1, 0.15) is 51.0 Å². The average molecular weight is 288 g/mol. The molecule has 0 amide bonds. The fourth-order valence-corrected chi connectivity index (χ4v) is 2.82. The highest BCUT2D eigenvalue weighted by molar-refractivity contribution is 5.84. The number of hydrogen-bond acceptors (Lipinski definition) is 3. The molecule has 114 valence electrons. The number of Topliss-reactive ketones (excluding diaryl/α,β-unsaturated/α-hetero) is 1. The highest BCUT2D eigenvalue weighted by atomic mass is 16.5. The lowest BCUT2D eigenvalue weighted by Crippen LogP contribution is -2.21. The number of hydrogen-bond donors (Lipinski definition) is 0. The molecule has 2 rings (SSSR count). The van der Waals surface area contributed by atoms with Crippen molar-refractivity contribution in [2.75, 3.05) is 0 Å². The third-order valence-corrected chi connectivity index (χ3v) is 4.29. The van der Waals surface area contributed by atoms with E-state index in [2.05, 4.69) is 6.92 Å². The van der Waals surface area contributed by atoms with Gasteiger partial charge in [0, 0.05) is 12.3 Å². The maximum absolute atomic E-state index is 12.1. The van der Waals surface area contributed by atoms with E-state index in [-0.39, 0.29) is 30.7 Å². The standard InChI is InChI=1S/C18H24O3/c1-14-7-9-16(10-8-14)17(19)11-12-18(20)21-13-15-5-3-2-4-6-15/h2-6,14,16H,7-13H2,1H3. The molecule has 0 atom stereocenters. The molecule has 0 radical (unpaired) electrons. The van der Waals surface area contributed by atoms with Crippen molar-refractivity contribution in [1.29, 1.82) is 0 Å². The number of ketones is 1. The van der Waals surface area contributed by atoms with Crippen molar-refractivity contribution in [3.8, 4) is 0 Å². The van der Waals surface area contributed by atoms with Crippen molar-refractivity contribution in [3.05, 3.63) is 35.9 Å². The van der Waals surface area contributed by atoms with Gasteiger partial charge in [-0.1, -0.05) is 50.1 Å². The summed E-state index contributed by atoms with van der Waals surface area (Å²) in [6.45, 7) is 2.52. The van der Waals surface area contributed by atoms with Crippen LogP contribution in [0.5, 0.6) is 0 Å². The van der Waals surface area contributed by atoms with E-state index in [4.69, 9.17) is 4.74 Å². The lowest BCUT2D eigenvalue weighted by atomic mass is 9.80. The van der Waals surface area contributed by atoms with E-state index >= 15 is 0 Å². The van der Waals surface area contributed by atoms with Crippen molar-refractivity contribution in [3.63, 3.8) is 0 Å². The Morgan fingerprint density at radius 3 is 2.38 bits per heavy atom. The smallest absolute Gasteiger partial charge is 0.306 e. The van der Waals surface area contributed by atoms with E-state index in [1.54, 1.807) is 0 Å². The zero-order valence-electron chi connectivity index (χ0n) is 12.7. The summed E-state index contributed by atoms with van der Waals surface area (Å²) < 4.78 is 5.19. The molecular formula is C18H24O3. The number of esters is 1. The largest absolute Gasteiger partial charge is 0.461 e. The van der Waals surface area contributed by atoms with Gasteiger partial charge in [0.25, 0.3) is 0 Å². The summed E-state index contributed by atoms with van der Waals surface area (Å²) in [6, 6.07) is 9.59. The number of benzene rings is 1. The van der Waals surface area contributed by atoms with Gasteiger partial charge in [0.1, 0.15) is 12.4 Å². The van der Waals surface area contributed by atoms with Gasteiger partial charge in [-0.05, 0) is 24.3 Å². The highest BCUT2D eigenvalue weighted by Crippen LogP contribution is 2.29. The first-order valence-electron chi connectivity index (χ1n) is 7.87. The fraction of sp³-hybridized carbons (Fsp3) is 0.556. The van der Waals surface area contributed by atoms with Crippen LogP contribution in [0.25, 0.3) is 0 Å². The molecule has 1 aliphatic rings. The molecular weight excluding hydrogens is 264 g/mol. The Balaban J connectivity index is 1.65. The Bertz CT molecular complexity index is 459. The molecule has 0 saturated heterocycles. The molecule has 3 heteroatoms. The van der Waals surface area contributed by atoms with Crippen molar-refractivity contribution in [2.24, 2.45) is 11.8 Å². The molecule has 21 heavy (non-hydrogen) atoms. The average Bonchev–Trinajstić information content (AvgIpc) is 2.52. The second-order valence-electron chi connectivity index (χ2n) is 6.07. The second kappa shape index (κ2) is 7.96. The fourth-order valence-electron chi connectivity index (χ4n) is 2.82. The van der Waals surface area contributed by atoms with E-state index in [1.807, 2.05) is 30.3 Å². The van der Waals surface area contributed by atoms with Gasteiger partial charge >= 0.3 is 5.97 Å². The van der Waals surface area contributed by atoms with Gasteiger partial charge in [-0.15, -0.1) is 0 Å². The zero-order chi connectivity index (χ0) is 15.1. The summed E-state index contributed by atoms with van der Waals surface area (Å²) >= 11 is 0. The van der Waals surface area contributed by atoms with E-state index in [0.717, 1.165) is 37.2 Å². The molecule has 1 fully saturated rings. The van der Waals surface area contributed by atoms with Crippen molar-refractivity contribution < 1.29 is 14.3 Å². The van der Waals surface area contributed by atoms with E-state index in [1.165, 1.54) is 0 Å². The minimum atomic E-state index is -0.281. The number of rotatable bonds is 6. The molecule has 0 bridgehead atoms. The lowest BCUT2D eigenvalue weighted by molar-refractivity contribution is -0.146. The summed E-state index contributed by atoms with van der Waals surface area (Å²) in [5.74, 6) is 0.864. The van der Waals surface area contributed by atoms with Gasteiger partial charge in [0.2, 0.25) is 0 Å². The van der Waals surface area contributed by atoms with Gasteiger partial charge in [0.05, 0.1) is 6.42 Å². The summed E-state index contributed by atoms with van der Waals surface area (Å²) in [5, 5.41) is 0. The predicted molar refractivity (Wildman–Crippen MR) is 81.6 cm³/mol. The quantitative estimate of drug-likeness (QED) is 0.745. The van der Waals surface area contributed by atoms with E-state index in [9.17, 15) is 9.59 Å². The van der Waals surface area contributed by atoms with Crippen LogP contribution >= 0.6 is 0 Å². The molecule has 0 aromatic heterocycles. The van der Waals surface area contributed by atoms with Gasteiger partial charge in [-0.2, -0.15) is 0 Å². The third kappa shape index (κ3) is 5.33. The molecule has 0 N–H and O–H groups in total. The number of carbonyl (C=O) groups is 2. The Morgan fingerprint density at radius 2 is 1.71 bits per heavy atom. The van der Waals surface area contributed by atoms with E-state index < -0.39 is 0 Å². The van der Waals surface area contributed by atoms with Crippen molar-refractivity contribution in [2.45, 2.75) is 52.1 Å². The maximum atomic E-state index is 12.1. The summed E-state index contributed by atoms with van der Waals surface area (Å²) in [7, 11) is 0. The van der Waals surface area contributed by atoms with Crippen LogP contribution in [-0.2, 0) is 20.9 Å². The summed E-state index contributed by atoms with van der Waals surface area (Å²) in [5.41, 5.74) is 0.971. The van der Waals surface area contributed by atoms with Gasteiger partial charge in [0.15, 0.2) is 0 Å². The van der Waals surface area contributed by atoms with Gasteiger partial charge < -0.3 is 4.74 Å². The zero-order valence-corrected chi connectivity index (χ0v) is 12.7. The Kier molecular flexibility index (Phi) is 5.97. The number of ether oxygens (including phenoxy) is 1. The van der Waals surface area contributed by atoms with Crippen LogP contribution in [0, 0.1) is 11.8 Å². The minimum Gasteiger partial charge on any atom is -0.461 e. The predicted octanol–water partition coefficient (Wildman–Crippen LogP) is 3.91. The maximum Gasteiger partial charge on any atom is 0.306 e. The topological polar surface area (TPSA) is 43.4 Å². The minimum absolute atomic E-state index is 0.170. The molecule has 1 saturated carbocycles. The SMILES string of the molecule is CC1CCC(C(=O)CCC(=O)OCc2ccccc2)CC1. The second-order valence-corrected chi connectivity index (χ2v) is 6.07. The highest BCUT2D eigenvalue weighted by Gasteiger charge is 2.24. The van der Waals surface area contributed by atoms with Gasteiger partial charge in [-0.3, -0.25) is 9.59 Å². The monoisotopic (exact) mass is 288 g/mol. The molecule has 0 aliphatic heterocycles. The van der Waals surface area contributed by atoms with Crippen molar-refractivity contribution in [1.82, 2.24) is 0 Å². The van der Waals surface area contributed by atoms with Crippen LogP contribution < -0.4 is 0 Å². The first-order chi connectivity index (χ1) is 10.1. The van der Waals surface area contributed by atoms with Gasteiger partial charge in [-0.25, -0.2) is 0 Å². The van der Waals surface area contributed by atoms with Crippen LogP contribution in [0.2, 0.25) is 0 Å². The first kappa shape index (κ1) is 15.7. The van der Waals surface area contributed by atoms with Crippen LogP contribution in [-0.4, -0.2) is 11.8 Å². The molecule has 3 nitrogen and oxygen atoms in total. The normalized spacial score (nSPS) is 21.8. The van der Waals surface area contributed by atoms with Crippen LogP contribution in [0.4, 0.5) is 0 Å². The van der Waals surface area contributed by atoms with E-state index in [0.29, 0.717) is 6.42 Å². The summed E-state index contributed by atoms with van der Waals surface area (Å²) in [6.07, 6.45) is 4.77. The van der Waals surface area contributed by atoms with Crippen molar-refractivity contribution >= 4 is 11.8 Å². The Morgan fingerprint density at radius 1 is 1.05 bits per heavy atom. The van der Waals surface area contributed by atoms with Crippen LogP contribution in [0.3, 0.4) is 0 Å². The molecule has 0 heterocycles. The third-order valence-electron chi connectivity index (χ3n) is 4.29. The van der Waals surface area contributed by atoms with Crippen LogP contribution in [0.15, 0.2) is 30.3 Å². The first-order valence-corrected chi connectivity index (χ1v) is 7.87. The molecule has 0 spiro atoms. The molecule has 0 unspecified atom stereocenters. The summed E-state index contributed by atoms with van der Waals surface area (Å²) in [4.78, 5) is 23.8. The lowest BCUT2D eigenvalue weighted by Gasteiger charge is -2.24. The Labute approximate surface area is 126 Å². The molecule has 1 aromatic carbocycles.